The van der Waals surface area contributed by atoms with Crippen LogP contribution in [0, 0.1) is 0 Å². The van der Waals surface area contributed by atoms with Gasteiger partial charge < -0.3 is 14.8 Å². The smallest absolute Gasteiger partial charge is 0.408 e. The maximum Gasteiger partial charge on any atom is 0.408 e. The van der Waals surface area contributed by atoms with Crippen LogP contribution < -0.4 is 5.32 Å². The summed E-state index contributed by atoms with van der Waals surface area (Å²) in [5.41, 5.74) is -0.0547. The molecule has 132 valence electrons. The minimum absolute atomic E-state index is 0.0403. The molecule has 1 rings (SSSR count). The molecule has 0 unspecified atom stereocenters. The molecule has 0 bridgehead atoms. The van der Waals surface area contributed by atoms with Gasteiger partial charge in [-0.1, -0.05) is 30.3 Å². The van der Waals surface area contributed by atoms with E-state index in [9.17, 15) is 14.4 Å². The number of rotatable bonds is 7. The topological polar surface area (TPSA) is 81.7 Å². The highest BCUT2D eigenvalue weighted by molar-refractivity contribution is 8.00. The average molecular weight is 353 g/mol. The van der Waals surface area contributed by atoms with Crippen molar-refractivity contribution in [2.24, 2.45) is 0 Å². The van der Waals surface area contributed by atoms with Crippen molar-refractivity contribution < 1.29 is 23.9 Å². The highest BCUT2D eigenvalue weighted by Gasteiger charge is 2.25. The Bertz CT molecular complexity index is 568. The van der Waals surface area contributed by atoms with Crippen molar-refractivity contribution in [1.29, 1.82) is 0 Å². The van der Waals surface area contributed by atoms with Crippen LogP contribution in [0.3, 0.4) is 0 Å². The van der Waals surface area contributed by atoms with E-state index in [0.717, 1.165) is 0 Å². The summed E-state index contributed by atoms with van der Waals surface area (Å²) in [6.45, 7) is 5.19. The van der Waals surface area contributed by atoms with Crippen LogP contribution >= 0.6 is 11.8 Å². The molecule has 0 radical (unpaired) electrons. The number of alkyl carbamates (subject to hydrolysis) is 1. The highest BCUT2D eigenvalue weighted by Crippen LogP contribution is 2.11. The molecule has 0 spiro atoms. The van der Waals surface area contributed by atoms with Crippen molar-refractivity contribution in [2.75, 3.05) is 18.6 Å². The third-order valence-corrected chi connectivity index (χ3v) is 3.83. The standard InChI is InChI=1S/C17H23NO5S/c1-17(2,3)23-16(21)18-13(15(20)22-4)10-24-11-14(19)12-8-6-5-7-9-12/h5-9,13H,10-11H2,1-4H3,(H,18,21)/t13-/m0/s1. The van der Waals surface area contributed by atoms with Crippen LogP contribution in [-0.4, -0.2) is 48.1 Å². The summed E-state index contributed by atoms with van der Waals surface area (Å²) in [6.07, 6.45) is -0.701. The van der Waals surface area contributed by atoms with Crippen LogP contribution in [0.1, 0.15) is 31.1 Å². The predicted octanol–water partition coefficient (Wildman–Crippen LogP) is 2.67. The first kappa shape index (κ1) is 20.0. The Morgan fingerprint density at radius 3 is 2.33 bits per heavy atom. The molecule has 0 aliphatic heterocycles. The molecule has 24 heavy (non-hydrogen) atoms. The van der Waals surface area contributed by atoms with Crippen LogP contribution in [-0.2, 0) is 14.3 Å². The van der Waals surface area contributed by atoms with Crippen molar-refractivity contribution in [3.63, 3.8) is 0 Å². The summed E-state index contributed by atoms with van der Waals surface area (Å²) in [6, 6.07) is 8.01. The van der Waals surface area contributed by atoms with Crippen molar-refractivity contribution in [1.82, 2.24) is 5.32 Å². The molecule has 1 aromatic rings. The first-order valence-electron chi connectivity index (χ1n) is 7.46. The second-order valence-corrected chi connectivity index (χ2v) is 7.06. The maximum atomic E-state index is 12.0. The fraction of sp³-hybridized carbons (Fsp3) is 0.471. The fourth-order valence-electron chi connectivity index (χ4n) is 1.74. The van der Waals surface area contributed by atoms with Gasteiger partial charge in [0.15, 0.2) is 5.78 Å². The van der Waals surface area contributed by atoms with Crippen LogP contribution in [0.15, 0.2) is 30.3 Å². The minimum atomic E-state index is -0.876. The Morgan fingerprint density at radius 1 is 1.17 bits per heavy atom. The average Bonchev–Trinajstić information content (AvgIpc) is 2.52. The zero-order chi connectivity index (χ0) is 18.2. The number of methoxy groups -OCH3 is 1. The van der Waals surface area contributed by atoms with Gasteiger partial charge in [0, 0.05) is 11.3 Å². The van der Waals surface area contributed by atoms with Gasteiger partial charge in [0.2, 0.25) is 0 Å². The largest absolute Gasteiger partial charge is 0.467 e. The Kier molecular flexibility index (Phi) is 7.78. The molecule has 0 aromatic heterocycles. The normalized spacial score (nSPS) is 12.2. The summed E-state index contributed by atoms with van der Waals surface area (Å²) in [5.74, 6) is -0.208. The van der Waals surface area contributed by atoms with Crippen LogP contribution in [0.25, 0.3) is 0 Å². The molecule has 0 saturated heterocycles. The Balaban J connectivity index is 2.53. The molecule has 0 aliphatic carbocycles. The van der Waals surface area contributed by atoms with Crippen molar-refractivity contribution in [3.05, 3.63) is 35.9 Å². The van der Waals surface area contributed by atoms with E-state index in [0.29, 0.717) is 5.56 Å². The van der Waals surface area contributed by atoms with E-state index in [2.05, 4.69) is 10.1 Å². The van der Waals surface area contributed by atoms with E-state index in [1.165, 1.54) is 18.9 Å². The molecule has 1 N–H and O–H groups in total. The number of benzene rings is 1. The number of carbonyl (C=O) groups excluding carboxylic acids is 3. The summed E-state index contributed by atoms with van der Waals surface area (Å²) in [5, 5.41) is 2.47. The molecular formula is C17H23NO5S. The number of hydrogen-bond acceptors (Lipinski definition) is 6. The number of esters is 1. The molecule has 7 heteroatoms. The van der Waals surface area contributed by atoms with Gasteiger partial charge in [-0.2, -0.15) is 11.8 Å². The number of amides is 1. The van der Waals surface area contributed by atoms with Crippen molar-refractivity contribution in [3.8, 4) is 0 Å². The number of ether oxygens (including phenoxy) is 2. The number of ketones is 1. The summed E-state index contributed by atoms with van der Waals surface area (Å²) < 4.78 is 9.80. The molecule has 0 heterocycles. The number of Topliss-reactive ketones (excluding diaryl/α,β-unsaturated/α-hetero) is 1. The second kappa shape index (κ2) is 9.32. The molecule has 6 nitrogen and oxygen atoms in total. The van der Waals surface area contributed by atoms with Crippen LogP contribution in [0.4, 0.5) is 4.79 Å². The van der Waals surface area contributed by atoms with Crippen LogP contribution in [0.5, 0.6) is 0 Å². The Labute approximate surface area is 146 Å². The Hall–Kier alpha value is -2.02. The first-order valence-corrected chi connectivity index (χ1v) is 8.61. The van der Waals surface area contributed by atoms with Gasteiger partial charge in [0.25, 0.3) is 0 Å². The fourth-order valence-corrected chi connectivity index (χ4v) is 2.66. The zero-order valence-corrected chi connectivity index (χ0v) is 15.1. The van der Waals surface area contributed by atoms with Crippen LogP contribution in [0.2, 0.25) is 0 Å². The molecule has 0 fully saturated rings. The van der Waals surface area contributed by atoms with E-state index in [4.69, 9.17) is 4.74 Å². The van der Waals surface area contributed by atoms with Gasteiger partial charge in [0.05, 0.1) is 12.9 Å². The second-order valence-electron chi connectivity index (χ2n) is 6.03. The maximum absolute atomic E-state index is 12.0. The molecule has 1 aromatic carbocycles. The SMILES string of the molecule is COC(=O)[C@H](CSCC(=O)c1ccccc1)NC(=O)OC(C)(C)C. The van der Waals surface area contributed by atoms with E-state index >= 15 is 0 Å². The lowest BCUT2D eigenvalue weighted by molar-refractivity contribution is -0.142. The van der Waals surface area contributed by atoms with E-state index in [-0.39, 0.29) is 17.3 Å². The number of nitrogens with one attached hydrogen (secondary N) is 1. The first-order chi connectivity index (χ1) is 11.2. The molecule has 0 aliphatic rings. The third-order valence-electron chi connectivity index (χ3n) is 2.79. The van der Waals surface area contributed by atoms with E-state index in [1.54, 1.807) is 45.0 Å². The van der Waals surface area contributed by atoms with Crippen molar-refractivity contribution in [2.45, 2.75) is 32.4 Å². The lowest BCUT2D eigenvalue weighted by atomic mass is 10.2. The van der Waals surface area contributed by atoms with Crippen molar-refractivity contribution >= 4 is 29.6 Å². The lowest BCUT2D eigenvalue weighted by Gasteiger charge is -2.22. The van der Waals surface area contributed by atoms with Gasteiger partial charge in [0.1, 0.15) is 11.6 Å². The van der Waals surface area contributed by atoms with Gasteiger partial charge in [-0.3, -0.25) is 4.79 Å². The molecule has 0 saturated carbocycles. The highest BCUT2D eigenvalue weighted by atomic mass is 32.2. The predicted molar refractivity (Wildman–Crippen MR) is 93.3 cm³/mol. The lowest BCUT2D eigenvalue weighted by Crippen LogP contribution is -2.45. The summed E-state index contributed by atoms with van der Waals surface area (Å²) in [7, 11) is 1.24. The third kappa shape index (κ3) is 7.50. The zero-order valence-electron chi connectivity index (χ0n) is 14.3. The number of carbonyl (C=O) groups is 3. The number of hydrogen-bond donors (Lipinski definition) is 1. The number of thioether (sulfide) groups is 1. The van der Waals surface area contributed by atoms with E-state index < -0.39 is 23.7 Å². The minimum Gasteiger partial charge on any atom is -0.467 e. The van der Waals surface area contributed by atoms with Gasteiger partial charge in [-0.05, 0) is 20.8 Å². The monoisotopic (exact) mass is 353 g/mol. The Morgan fingerprint density at radius 2 is 1.79 bits per heavy atom. The molecule has 1 amide bonds. The molecule has 1 atom stereocenters. The molecular weight excluding hydrogens is 330 g/mol. The summed E-state index contributed by atoms with van der Waals surface area (Å²) >= 11 is 1.25. The van der Waals surface area contributed by atoms with E-state index in [1.807, 2.05) is 6.07 Å². The quantitative estimate of drug-likeness (QED) is 0.599. The van der Waals surface area contributed by atoms with Gasteiger partial charge >= 0.3 is 12.1 Å². The van der Waals surface area contributed by atoms with Gasteiger partial charge in [-0.25, -0.2) is 9.59 Å². The van der Waals surface area contributed by atoms with Gasteiger partial charge in [-0.15, -0.1) is 0 Å². The summed E-state index contributed by atoms with van der Waals surface area (Å²) in [4.78, 5) is 35.6.